The van der Waals surface area contributed by atoms with Crippen LogP contribution in [0.4, 0.5) is 10.5 Å². The van der Waals surface area contributed by atoms with Gasteiger partial charge in [0, 0.05) is 5.69 Å². The molecule has 1 aliphatic carbocycles. The Labute approximate surface area is 81.7 Å². The number of nitrogen functional groups attached to an aromatic ring is 1. The second-order valence-corrected chi connectivity index (χ2v) is 3.63. The Balaban J connectivity index is 2.22. The number of carboxylic acid groups (broad SMARTS) is 1. The number of benzene rings is 1. The van der Waals surface area contributed by atoms with Gasteiger partial charge in [-0.05, 0) is 30.5 Å². The lowest BCUT2D eigenvalue weighted by atomic mass is 10.0. The molecule has 0 atom stereocenters. The summed E-state index contributed by atoms with van der Waals surface area (Å²) in [6, 6.07) is 7.33. The molecule has 0 radical (unpaired) electrons. The first-order chi connectivity index (χ1) is 6.62. The maximum Gasteiger partial charge on any atom is 0.405 e. The van der Waals surface area contributed by atoms with E-state index < -0.39 is 6.09 Å². The summed E-state index contributed by atoms with van der Waals surface area (Å²) in [5.74, 6) is 0. The summed E-state index contributed by atoms with van der Waals surface area (Å²) >= 11 is 0. The highest BCUT2D eigenvalue weighted by Crippen LogP contribution is 2.45. The minimum absolute atomic E-state index is 0.348. The smallest absolute Gasteiger partial charge is 0.405 e. The molecule has 4 heteroatoms. The average molecular weight is 192 g/mol. The molecule has 1 aromatic rings. The molecule has 74 valence electrons. The molecule has 1 amide bonds. The highest BCUT2D eigenvalue weighted by Gasteiger charge is 2.45. The first kappa shape index (κ1) is 8.87. The predicted octanol–water partition coefficient (Wildman–Crippen LogP) is 1.53. The van der Waals surface area contributed by atoms with Crippen LogP contribution >= 0.6 is 0 Å². The Morgan fingerprint density at radius 3 is 2.36 bits per heavy atom. The molecule has 1 fully saturated rings. The molecular formula is C10H12N2O2. The standard InChI is InChI=1S/C10H12N2O2/c11-8-3-1-7(2-4-8)10(5-6-10)12-9(13)14/h1-4,12H,5-6,11H2,(H,13,14). The van der Waals surface area contributed by atoms with Gasteiger partial charge in [-0.15, -0.1) is 0 Å². The van der Waals surface area contributed by atoms with E-state index >= 15 is 0 Å². The van der Waals surface area contributed by atoms with Crippen LogP contribution in [0.5, 0.6) is 0 Å². The topological polar surface area (TPSA) is 75.3 Å². The number of rotatable bonds is 2. The Kier molecular flexibility index (Phi) is 1.84. The number of hydrogen-bond donors (Lipinski definition) is 3. The second-order valence-electron chi connectivity index (χ2n) is 3.63. The van der Waals surface area contributed by atoms with Crippen LogP contribution in [0.25, 0.3) is 0 Å². The van der Waals surface area contributed by atoms with E-state index in [2.05, 4.69) is 5.32 Å². The third-order valence-corrected chi connectivity index (χ3v) is 2.56. The number of anilines is 1. The van der Waals surface area contributed by atoms with Crippen molar-refractivity contribution in [3.63, 3.8) is 0 Å². The summed E-state index contributed by atoms with van der Waals surface area (Å²) in [6.45, 7) is 0. The van der Waals surface area contributed by atoms with Crippen molar-refractivity contribution in [3.8, 4) is 0 Å². The third-order valence-electron chi connectivity index (χ3n) is 2.56. The number of amides is 1. The predicted molar refractivity (Wildman–Crippen MR) is 52.9 cm³/mol. The summed E-state index contributed by atoms with van der Waals surface area (Å²) in [5.41, 5.74) is 6.90. The van der Waals surface area contributed by atoms with Gasteiger partial charge >= 0.3 is 6.09 Å². The van der Waals surface area contributed by atoms with Crippen molar-refractivity contribution >= 4 is 11.8 Å². The maximum absolute atomic E-state index is 10.6. The normalized spacial score (nSPS) is 17.4. The van der Waals surface area contributed by atoms with E-state index in [1.165, 1.54) is 0 Å². The van der Waals surface area contributed by atoms with E-state index in [9.17, 15) is 4.79 Å². The minimum Gasteiger partial charge on any atom is -0.465 e. The van der Waals surface area contributed by atoms with Gasteiger partial charge in [0.25, 0.3) is 0 Å². The van der Waals surface area contributed by atoms with Crippen molar-refractivity contribution < 1.29 is 9.90 Å². The lowest BCUT2D eigenvalue weighted by Crippen LogP contribution is -2.33. The quantitative estimate of drug-likeness (QED) is 0.622. The monoisotopic (exact) mass is 192 g/mol. The molecule has 2 rings (SSSR count). The van der Waals surface area contributed by atoms with Crippen molar-refractivity contribution in [1.82, 2.24) is 5.32 Å². The molecule has 4 nitrogen and oxygen atoms in total. The molecule has 0 bridgehead atoms. The van der Waals surface area contributed by atoms with Gasteiger partial charge in [-0.2, -0.15) is 0 Å². The number of nitrogens with one attached hydrogen (secondary N) is 1. The van der Waals surface area contributed by atoms with E-state index in [0.29, 0.717) is 5.69 Å². The van der Waals surface area contributed by atoms with E-state index in [1.807, 2.05) is 12.1 Å². The minimum atomic E-state index is -0.973. The van der Waals surface area contributed by atoms with E-state index in [1.54, 1.807) is 12.1 Å². The highest BCUT2D eigenvalue weighted by atomic mass is 16.4. The number of nitrogens with two attached hydrogens (primary N) is 1. The zero-order valence-electron chi connectivity index (χ0n) is 7.66. The zero-order valence-corrected chi connectivity index (χ0v) is 7.66. The van der Waals surface area contributed by atoms with Gasteiger partial charge in [-0.3, -0.25) is 0 Å². The van der Waals surface area contributed by atoms with E-state index in [0.717, 1.165) is 18.4 Å². The number of carbonyl (C=O) groups is 1. The molecular weight excluding hydrogens is 180 g/mol. The molecule has 14 heavy (non-hydrogen) atoms. The van der Waals surface area contributed by atoms with Crippen LogP contribution < -0.4 is 11.1 Å². The summed E-state index contributed by atoms with van der Waals surface area (Å²) in [6.07, 6.45) is 0.756. The lowest BCUT2D eigenvalue weighted by molar-refractivity contribution is 0.188. The SMILES string of the molecule is Nc1ccc(C2(NC(=O)O)CC2)cc1. The van der Waals surface area contributed by atoms with Gasteiger partial charge in [0.05, 0.1) is 5.54 Å². The van der Waals surface area contributed by atoms with E-state index in [4.69, 9.17) is 10.8 Å². The van der Waals surface area contributed by atoms with Gasteiger partial charge in [0.15, 0.2) is 0 Å². The molecule has 0 unspecified atom stereocenters. The zero-order chi connectivity index (χ0) is 10.2. The van der Waals surface area contributed by atoms with Crippen LogP contribution in [0.1, 0.15) is 18.4 Å². The molecule has 0 aliphatic heterocycles. The Morgan fingerprint density at radius 1 is 1.36 bits per heavy atom. The summed E-state index contributed by atoms with van der Waals surface area (Å²) in [5, 5.41) is 11.2. The largest absolute Gasteiger partial charge is 0.465 e. The fourth-order valence-corrected chi connectivity index (χ4v) is 1.62. The fourth-order valence-electron chi connectivity index (χ4n) is 1.62. The lowest BCUT2D eigenvalue weighted by Gasteiger charge is -2.15. The van der Waals surface area contributed by atoms with Crippen molar-refractivity contribution in [1.29, 1.82) is 0 Å². The molecule has 1 saturated carbocycles. The van der Waals surface area contributed by atoms with Gasteiger partial charge in [-0.25, -0.2) is 4.79 Å². The van der Waals surface area contributed by atoms with Crippen molar-refractivity contribution in [2.24, 2.45) is 0 Å². The van der Waals surface area contributed by atoms with Crippen LogP contribution in [-0.2, 0) is 5.54 Å². The summed E-state index contributed by atoms with van der Waals surface area (Å²) in [4.78, 5) is 10.6. The van der Waals surface area contributed by atoms with Crippen LogP contribution in [0.2, 0.25) is 0 Å². The maximum atomic E-state index is 10.6. The van der Waals surface area contributed by atoms with E-state index in [-0.39, 0.29) is 5.54 Å². The molecule has 0 spiro atoms. The van der Waals surface area contributed by atoms with Crippen molar-refractivity contribution in [2.45, 2.75) is 18.4 Å². The van der Waals surface area contributed by atoms with Crippen LogP contribution in [-0.4, -0.2) is 11.2 Å². The average Bonchev–Trinajstić information content (AvgIpc) is 2.85. The molecule has 4 N–H and O–H groups in total. The van der Waals surface area contributed by atoms with Gasteiger partial charge < -0.3 is 16.2 Å². The van der Waals surface area contributed by atoms with Crippen molar-refractivity contribution in [3.05, 3.63) is 29.8 Å². The van der Waals surface area contributed by atoms with Gasteiger partial charge in [-0.1, -0.05) is 12.1 Å². The van der Waals surface area contributed by atoms with Crippen LogP contribution in [0.15, 0.2) is 24.3 Å². The van der Waals surface area contributed by atoms with Gasteiger partial charge in [0.2, 0.25) is 0 Å². The second kappa shape index (κ2) is 2.90. The summed E-state index contributed by atoms with van der Waals surface area (Å²) in [7, 11) is 0. The van der Waals surface area contributed by atoms with Crippen molar-refractivity contribution in [2.75, 3.05) is 5.73 Å². The Hall–Kier alpha value is -1.71. The molecule has 0 heterocycles. The Morgan fingerprint density at radius 2 is 1.93 bits per heavy atom. The van der Waals surface area contributed by atoms with Crippen LogP contribution in [0, 0.1) is 0 Å². The summed E-state index contributed by atoms with van der Waals surface area (Å²) < 4.78 is 0. The molecule has 1 aliphatic rings. The van der Waals surface area contributed by atoms with Crippen LogP contribution in [0.3, 0.4) is 0 Å². The highest BCUT2D eigenvalue weighted by molar-refractivity contribution is 5.67. The Bertz CT molecular complexity index is 355. The number of hydrogen-bond acceptors (Lipinski definition) is 2. The first-order valence-corrected chi connectivity index (χ1v) is 4.49. The molecule has 1 aromatic carbocycles. The third kappa shape index (κ3) is 1.51. The first-order valence-electron chi connectivity index (χ1n) is 4.49. The molecule has 0 saturated heterocycles. The molecule has 0 aromatic heterocycles. The fraction of sp³-hybridized carbons (Fsp3) is 0.300. The van der Waals surface area contributed by atoms with Gasteiger partial charge in [0.1, 0.15) is 0 Å².